The molecular formula is C22H12BrClFN3. The zero-order valence-corrected chi connectivity index (χ0v) is 16.7. The lowest BCUT2D eigenvalue weighted by Crippen LogP contribution is -1.97. The van der Waals surface area contributed by atoms with Crippen molar-refractivity contribution in [1.82, 2.24) is 14.8 Å². The zero-order valence-electron chi connectivity index (χ0n) is 14.4. The van der Waals surface area contributed by atoms with Crippen molar-refractivity contribution in [1.29, 1.82) is 0 Å². The molecule has 0 fully saturated rings. The molecule has 28 heavy (non-hydrogen) atoms. The monoisotopic (exact) mass is 451 g/mol. The zero-order chi connectivity index (χ0) is 19.3. The number of pyridine rings is 1. The van der Waals surface area contributed by atoms with Gasteiger partial charge in [0.2, 0.25) is 0 Å². The second kappa shape index (κ2) is 6.69. The fourth-order valence-corrected chi connectivity index (χ4v) is 3.74. The summed E-state index contributed by atoms with van der Waals surface area (Å²) in [6.07, 6.45) is 1.80. The first kappa shape index (κ1) is 17.3. The molecule has 0 amide bonds. The SMILES string of the molecule is Fc1ccc2ncc3c(-c4ccc(Br)cc4)nn(-c4ccc(Cl)cc4)c3c2c1. The third kappa shape index (κ3) is 2.87. The molecule has 6 heteroatoms. The summed E-state index contributed by atoms with van der Waals surface area (Å²) in [5.74, 6) is -0.309. The van der Waals surface area contributed by atoms with Gasteiger partial charge in [-0.25, -0.2) is 9.07 Å². The minimum absolute atomic E-state index is 0.309. The van der Waals surface area contributed by atoms with Crippen LogP contribution in [0.25, 0.3) is 38.8 Å². The normalized spacial score (nSPS) is 11.4. The first-order valence-electron chi connectivity index (χ1n) is 8.59. The van der Waals surface area contributed by atoms with E-state index >= 15 is 0 Å². The van der Waals surface area contributed by atoms with E-state index in [9.17, 15) is 4.39 Å². The van der Waals surface area contributed by atoms with Gasteiger partial charge in [-0.05, 0) is 54.6 Å². The smallest absolute Gasteiger partial charge is 0.124 e. The van der Waals surface area contributed by atoms with E-state index in [1.54, 1.807) is 12.3 Å². The minimum Gasteiger partial charge on any atom is -0.255 e. The van der Waals surface area contributed by atoms with E-state index in [2.05, 4.69) is 20.9 Å². The van der Waals surface area contributed by atoms with Crippen molar-refractivity contribution >= 4 is 49.3 Å². The number of halogens is 3. The number of hydrogen-bond acceptors (Lipinski definition) is 2. The van der Waals surface area contributed by atoms with Gasteiger partial charge in [0.1, 0.15) is 11.5 Å². The fraction of sp³-hybridized carbons (Fsp3) is 0. The lowest BCUT2D eigenvalue weighted by molar-refractivity contribution is 0.629. The predicted molar refractivity (Wildman–Crippen MR) is 114 cm³/mol. The van der Waals surface area contributed by atoms with Gasteiger partial charge in [-0.15, -0.1) is 0 Å². The van der Waals surface area contributed by atoms with Gasteiger partial charge >= 0.3 is 0 Å². The van der Waals surface area contributed by atoms with E-state index in [1.807, 2.05) is 53.2 Å². The van der Waals surface area contributed by atoms with Crippen molar-refractivity contribution < 1.29 is 4.39 Å². The topological polar surface area (TPSA) is 30.7 Å². The number of rotatable bonds is 2. The Morgan fingerprint density at radius 2 is 1.64 bits per heavy atom. The Hall–Kier alpha value is -2.76. The van der Waals surface area contributed by atoms with Crippen LogP contribution in [0, 0.1) is 5.82 Å². The molecule has 0 saturated carbocycles. The van der Waals surface area contributed by atoms with Crippen LogP contribution in [0.3, 0.4) is 0 Å². The molecular weight excluding hydrogens is 441 g/mol. The van der Waals surface area contributed by atoms with Gasteiger partial charge in [0.15, 0.2) is 0 Å². The lowest BCUT2D eigenvalue weighted by Gasteiger charge is -2.06. The highest BCUT2D eigenvalue weighted by molar-refractivity contribution is 9.10. The van der Waals surface area contributed by atoms with Crippen molar-refractivity contribution in [3.05, 3.63) is 88.2 Å². The van der Waals surface area contributed by atoms with E-state index < -0.39 is 0 Å². The number of aromatic nitrogens is 3. The third-order valence-electron chi connectivity index (χ3n) is 4.66. The maximum Gasteiger partial charge on any atom is 0.124 e. The maximum absolute atomic E-state index is 14.0. The van der Waals surface area contributed by atoms with Crippen LogP contribution in [0.15, 0.2) is 77.4 Å². The quantitative estimate of drug-likeness (QED) is 0.295. The van der Waals surface area contributed by atoms with Crippen molar-refractivity contribution in [2.45, 2.75) is 0 Å². The highest BCUT2D eigenvalue weighted by Gasteiger charge is 2.17. The second-order valence-electron chi connectivity index (χ2n) is 6.43. The van der Waals surface area contributed by atoms with Gasteiger partial charge < -0.3 is 0 Å². The molecule has 136 valence electrons. The van der Waals surface area contributed by atoms with Crippen LogP contribution in [-0.4, -0.2) is 14.8 Å². The first-order valence-corrected chi connectivity index (χ1v) is 9.76. The van der Waals surface area contributed by atoms with Crippen LogP contribution in [0.2, 0.25) is 5.02 Å². The molecule has 0 atom stereocenters. The Kier molecular flexibility index (Phi) is 4.14. The Labute approximate surface area is 173 Å². The molecule has 3 nitrogen and oxygen atoms in total. The average Bonchev–Trinajstić information content (AvgIpc) is 3.09. The molecule has 0 bridgehead atoms. The summed E-state index contributed by atoms with van der Waals surface area (Å²) in [5.41, 5.74) is 4.11. The number of fused-ring (bicyclic) bond motifs is 3. The van der Waals surface area contributed by atoms with Crippen LogP contribution < -0.4 is 0 Å². The van der Waals surface area contributed by atoms with E-state index in [0.717, 1.165) is 32.3 Å². The molecule has 5 aromatic rings. The molecule has 0 spiro atoms. The van der Waals surface area contributed by atoms with Gasteiger partial charge in [0.25, 0.3) is 0 Å². The molecule has 0 saturated heterocycles. The molecule has 0 radical (unpaired) electrons. The van der Waals surface area contributed by atoms with Crippen molar-refractivity contribution in [3.63, 3.8) is 0 Å². The molecule has 3 aromatic carbocycles. The summed E-state index contributed by atoms with van der Waals surface area (Å²) in [5, 5.41) is 7.08. The second-order valence-corrected chi connectivity index (χ2v) is 7.78. The van der Waals surface area contributed by atoms with Crippen LogP contribution in [0.1, 0.15) is 0 Å². The fourth-order valence-electron chi connectivity index (χ4n) is 3.35. The standard InChI is InChI=1S/C22H12BrClFN3/c23-14-3-1-13(2-4-14)21-19-12-26-20-10-7-16(25)11-18(20)22(19)28(27-21)17-8-5-15(24)6-9-17/h1-12H. The summed E-state index contributed by atoms with van der Waals surface area (Å²) < 4.78 is 16.9. The van der Waals surface area contributed by atoms with E-state index in [-0.39, 0.29) is 5.82 Å². The first-order chi connectivity index (χ1) is 13.6. The summed E-state index contributed by atoms with van der Waals surface area (Å²) in [6.45, 7) is 0. The van der Waals surface area contributed by atoms with Crippen molar-refractivity contribution in [3.8, 4) is 16.9 Å². The van der Waals surface area contributed by atoms with Gasteiger partial charge in [-0.2, -0.15) is 5.10 Å². The molecule has 2 aromatic heterocycles. The van der Waals surface area contributed by atoms with Gasteiger partial charge in [-0.1, -0.05) is 39.7 Å². The largest absolute Gasteiger partial charge is 0.255 e. The maximum atomic E-state index is 14.0. The summed E-state index contributed by atoms with van der Waals surface area (Å²) >= 11 is 9.52. The van der Waals surface area contributed by atoms with Gasteiger partial charge in [0.05, 0.1) is 16.7 Å². The van der Waals surface area contributed by atoms with Crippen LogP contribution in [0.5, 0.6) is 0 Å². The van der Waals surface area contributed by atoms with Crippen LogP contribution >= 0.6 is 27.5 Å². The molecule has 0 aliphatic carbocycles. The summed E-state index contributed by atoms with van der Waals surface area (Å²) in [7, 11) is 0. The highest BCUT2D eigenvalue weighted by atomic mass is 79.9. The molecule has 0 aliphatic rings. The molecule has 0 N–H and O–H groups in total. The Bertz CT molecular complexity index is 1330. The minimum atomic E-state index is -0.309. The number of hydrogen-bond donors (Lipinski definition) is 0. The number of benzene rings is 3. The Morgan fingerprint density at radius 3 is 2.39 bits per heavy atom. The van der Waals surface area contributed by atoms with Crippen molar-refractivity contribution in [2.75, 3.05) is 0 Å². The van der Waals surface area contributed by atoms with Gasteiger partial charge in [-0.3, -0.25) is 4.98 Å². The predicted octanol–water partition coefficient (Wildman–Crippen LogP) is 6.80. The number of nitrogens with zero attached hydrogens (tertiary/aromatic N) is 3. The molecule has 0 aliphatic heterocycles. The molecule has 0 unspecified atom stereocenters. The summed E-state index contributed by atoms with van der Waals surface area (Å²) in [4.78, 5) is 4.52. The lowest BCUT2D eigenvalue weighted by atomic mass is 10.1. The molecule has 5 rings (SSSR count). The van der Waals surface area contributed by atoms with E-state index in [1.165, 1.54) is 12.1 Å². The van der Waals surface area contributed by atoms with Gasteiger partial charge in [0, 0.05) is 32.0 Å². The van der Waals surface area contributed by atoms with Crippen LogP contribution in [0.4, 0.5) is 4.39 Å². The van der Waals surface area contributed by atoms with Crippen LogP contribution in [-0.2, 0) is 0 Å². The van der Waals surface area contributed by atoms with Crippen molar-refractivity contribution in [2.24, 2.45) is 0 Å². The molecule has 2 heterocycles. The third-order valence-corrected chi connectivity index (χ3v) is 5.44. The van der Waals surface area contributed by atoms with E-state index in [0.29, 0.717) is 15.9 Å². The van der Waals surface area contributed by atoms with E-state index in [4.69, 9.17) is 16.7 Å². The summed E-state index contributed by atoms with van der Waals surface area (Å²) in [6, 6.07) is 19.9. The Balaban J connectivity index is 1.90. The average molecular weight is 453 g/mol. The highest BCUT2D eigenvalue weighted by Crippen LogP contribution is 2.34. The Morgan fingerprint density at radius 1 is 0.893 bits per heavy atom.